The van der Waals surface area contributed by atoms with Crippen molar-refractivity contribution >= 4 is 0 Å². The molecule has 0 atom stereocenters. The molecular weight excluding hydrogens is 232 g/mol. The van der Waals surface area contributed by atoms with Crippen LogP contribution in [-0.4, -0.2) is 29.5 Å². The van der Waals surface area contributed by atoms with Crippen LogP contribution in [0.15, 0.2) is 24.5 Å². The Morgan fingerprint density at radius 3 is 2.47 bits per heavy atom. The maximum atomic E-state index is 4.27. The first kappa shape index (κ1) is 14.5. The van der Waals surface area contributed by atoms with Crippen LogP contribution in [-0.2, 0) is 6.42 Å². The van der Waals surface area contributed by atoms with E-state index >= 15 is 0 Å². The van der Waals surface area contributed by atoms with E-state index in [-0.39, 0.29) is 0 Å². The summed E-state index contributed by atoms with van der Waals surface area (Å²) in [4.78, 5) is 6.72. The predicted octanol–water partition coefficient (Wildman–Crippen LogP) is 3.77. The molecule has 1 aliphatic rings. The molecule has 106 valence electrons. The third-order valence-electron chi connectivity index (χ3n) is 5.11. The van der Waals surface area contributed by atoms with E-state index in [0.717, 1.165) is 18.3 Å². The summed E-state index contributed by atoms with van der Waals surface area (Å²) in [5, 5.41) is 0. The van der Waals surface area contributed by atoms with Crippen LogP contribution in [0.1, 0.15) is 45.1 Å². The summed E-state index contributed by atoms with van der Waals surface area (Å²) in [5.41, 5.74) is 1.72. The second-order valence-electron chi connectivity index (χ2n) is 6.74. The summed E-state index contributed by atoms with van der Waals surface area (Å²) in [6, 6.07) is 4.27. The Kier molecular flexibility index (Phi) is 4.62. The van der Waals surface area contributed by atoms with Gasteiger partial charge in [-0.2, -0.15) is 0 Å². The fourth-order valence-corrected chi connectivity index (χ4v) is 3.51. The van der Waals surface area contributed by atoms with E-state index in [9.17, 15) is 0 Å². The molecule has 0 radical (unpaired) electrons. The van der Waals surface area contributed by atoms with Crippen LogP contribution in [0, 0.1) is 11.8 Å². The molecular formula is C17H28N2. The van der Waals surface area contributed by atoms with Gasteiger partial charge in [0, 0.05) is 17.9 Å². The lowest BCUT2D eigenvalue weighted by molar-refractivity contribution is 0.0683. The van der Waals surface area contributed by atoms with E-state index in [1.165, 1.54) is 31.2 Å². The molecule has 0 aliphatic heterocycles. The van der Waals surface area contributed by atoms with Crippen LogP contribution >= 0.6 is 0 Å². The quantitative estimate of drug-likeness (QED) is 0.819. The highest BCUT2D eigenvalue weighted by Crippen LogP contribution is 2.40. The van der Waals surface area contributed by atoms with E-state index in [0.29, 0.717) is 5.54 Å². The molecule has 0 saturated heterocycles. The number of hydrogen-bond donors (Lipinski definition) is 0. The lowest BCUT2D eigenvalue weighted by Gasteiger charge is -2.46. The molecule has 0 N–H and O–H groups in total. The average Bonchev–Trinajstić information content (AvgIpc) is 2.40. The van der Waals surface area contributed by atoms with Crippen LogP contribution in [0.4, 0.5) is 0 Å². The molecule has 2 nitrogen and oxygen atoms in total. The number of likely N-dealkylation sites (N-methyl/N-ethyl adjacent to an activating group) is 1. The third kappa shape index (κ3) is 3.36. The van der Waals surface area contributed by atoms with E-state index in [4.69, 9.17) is 0 Å². The van der Waals surface area contributed by atoms with E-state index in [1.54, 1.807) is 0 Å². The minimum absolute atomic E-state index is 0.342. The number of aromatic nitrogens is 1. The Morgan fingerprint density at radius 1 is 1.32 bits per heavy atom. The fraction of sp³-hybridized carbons (Fsp3) is 0.706. The molecule has 1 aromatic rings. The van der Waals surface area contributed by atoms with Crippen LogP contribution in [0.5, 0.6) is 0 Å². The zero-order valence-electron chi connectivity index (χ0n) is 12.9. The third-order valence-corrected chi connectivity index (χ3v) is 5.11. The van der Waals surface area contributed by atoms with Crippen LogP contribution in [0.2, 0.25) is 0 Å². The van der Waals surface area contributed by atoms with Gasteiger partial charge in [-0.15, -0.1) is 0 Å². The topological polar surface area (TPSA) is 16.1 Å². The summed E-state index contributed by atoms with van der Waals surface area (Å²) in [7, 11) is 4.48. The molecule has 0 aromatic carbocycles. The average molecular weight is 260 g/mol. The molecule has 2 rings (SSSR count). The maximum absolute atomic E-state index is 4.27. The normalized spacial score (nSPS) is 28.0. The number of rotatable bonds is 4. The molecule has 0 spiro atoms. The van der Waals surface area contributed by atoms with Gasteiger partial charge < -0.3 is 4.90 Å². The molecule has 1 aliphatic carbocycles. The van der Waals surface area contributed by atoms with Gasteiger partial charge >= 0.3 is 0 Å². The molecule has 0 unspecified atom stereocenters. The van der Waals surface area contributed by atoms with Crippen molar-refractivity contribution in [2.24, 2.45) is 11.8 Å². The molecule has 1 aromatic heterocycles. The summed E-state index contributed by atoms with van der Waals surface area (Å²) >= 11 is 0. The van der Waals surface area contributed by atoms with Crippen molar-refractivity contribution in [3.8, 4) is 0 Å². The molecule has 0 bridgehead atoms. The number of hydrogen-bond acceptors (Lipinski definition) is 2. The van der Waals surface area contributed by atoms with Gasteiger partial charge in [-0.25, -0.2) is 0 Å². The second-order valence-corrected chi connectivity index (χ2v) is 6.74. The summed E-state index contributed by atoms with van der Waals surface area (Å²) in [6.07, 6.45) is 10.4. The highest BCUT2D eigenvalue weighted by atomic mass is 15.1. The molecule has 1 fully saturated rings. The smallest absolute Gasteiger partial charge is 0.0300 e. The summed E-state index contributed by atoms with van der Waals surface area (Å²) in [5.74, 6) is 1.75. The zero-order chi connectivity index (χ0) is 13.9. The monoisotopic (exact) mass is 260 g/mol. The fourth-order valence-electron chi connectivity index (χ4n) is 3.51. The van der Waals surface area contributed by atoms with Crippen molar-refractivity contribution in [3.05, 3.63) is 30.1 Å². The van der Waals surface area contributed by atoms with Crippen LogP contribution in [0.25, 0.3) is 0 Å². The summed E-state index contributed by atoms with van der Waals surface area (Å²) in [6.45, 7) is 4.74. The Hall–Kier alpha value is -0.890. The highest BCUT2D eigenvalue weighted by Gasteiger charge is 2.37. The molecule has 1 heterocycles. The highest BCUT2D eigenvalue weighted by molar-refractivity contribution is 5.14. The SMILES string of the molecule is CC(C)C1CCC(Cc2cccnc2)(N(C)C)CC1. The van der Waals surface area contributed by atoms with Crippen molar-refractivity contribution < 1.29 is 0 Å². The van der Waals surface area contributed by atoms with Gasteiger partial charge in [0.25, 0.3) is 0 Å². The van der Waals surface area contributed by atoms with Gasteiger partial charge in [0.1, 0.15) is 0 Å². The lowest BCUT2D eigenvalue weighted by Crippen LogP contribution is -2.49. The first-order valence-electron chi connectivity index (χ1n) is 7.60. The van der Waals surface area contributed by atoms with Crippen molar-refractivity contribution in [1.29, 1.82) is 0 Å². The van der Waals surface area contributed by atoms with Gasteiger partial charge in [0.15, 0.2) is 0 Å². The van der Waals surface area contributed by atoms with Crippen molar-refractivity contribution in [2.45, 2.75) is 51.5 Å². The largest absolute Gasteiger partial charge is 0.303 e. The van der Waals surface area contributed by atoms with Crippen LogP contribution in [0.3, 0.4) is 0 Å². The molecule has 19 heavy (non-hydrogen) atoms. The molecule has 0 amide bonds. The van der Waals surface area contributed by atoms with E-state index in [2.05, 4.69) is 50.0 Å². The Morgan fingerprint density at radius 2 is 2.00 bits per heavy atom. The van der Waals surface area contributed by atoms with E-state index in [1.807, 2.05) is 12.4 Å². The van der Waals surface area contributed by atoms with Crippen LogP contribution < -0.4 is 0 Å². The standard InChI is InChI=1S/C17H28N2/c1-14(2)16-7-9-17(10-8-16,19(3)4)12-15-6-5-11-18-13-15/h5-6,11,13-14,16H,7-10,12H2,1-4H3. The second kappa shape index (κ2) is 6.04. The Bertz CT molecular complexity index is 376. The minimum atomic E-state index is 0.342. The van der Waals surface area contributed by atoms with Gasteiger partial charge in [-0.3, -0.25) is 4.98 Å². The first-order valence-corrected chi connectivity index (χ1v) is 7.60. The maximum Gasteiger partial charge on any atom is 0.0300 e. The van der Waals surface area contributed by atoms with Crippen molar-refractivity contribution in [1.82, 2.24) is 9.88 Å². The van der Waals surface area contributed by atoms with Gasteiger partial charge in [-0.05, 0) is 69.7 Å². The van der Waals surface area contributed by atoms with Crippen molar-refractivity contribution in [3.63, 3.8) is 0 Å². The minimum Gasteiger partial charge on any atom is -0.303 e. The summed E-state index contributed by atoms with van der Waals surface area (Å²) < 4.78 is 0. The Balaban J connectivity index is 2.08. The number of nitrogens with zero attached hydrogens (tertiary/aromatic N) is 2. The molecule has 2 heteroatoms. The Labute approximate surface area is 118 Å². The zero-order valence-corrected chi connectivity index (χ0v) is 12.9. The lowest BCUT2D eigenvalue weighted by atomic mass is 9.70. The van der Waals surface area contributed by atoms with E-state index < -0.39 is 0 Å². The first-order chi connectivity index (χ1) is 9.03. The van der Waals surface area contributed by atoms with Gasteiger partial charge in [0.2, 0.25) is 0 Å². The van der Waals surface area contributed by atoms with Crippen molar-refractivity contribution in [2.75, 3.05) is 14.1 Å². The van der Waals surface area contributed by atoms with Gasteiger partial charge in [0.05, 0.1) is 0 Å². The molecule has 1 saturated carbocycles. The van der Waals surface area contributed by atoms with Gasteiger partial charge in [-0.1, -0.05) is 19.9 Å². The number of pyridine rings is 1. The predicted molar refractivity (Wildman–Crippen MR) is 81.2 cm³/mol.